The zero-order valence-electron chi connectivity index (χ0n) is 12.6. The van der Waals surface area contributed by atoms with Gasteiger partial charge in [0.1, 0.15) is 5.75 Å². The van der Waals surface area contributed by atoms with Gasteiger partial charge >= 0.3 is 0 Å². The van der Waals surface area contributed by atoms with E-state index in [-0.39, 0.29) is 27.7 Å². The van der Waals surface area contributed by atoms with Crippen molar-refractivity contribution in [2.24, 2.45) is 0 Å². The molecule has 10 heteroatoms. The van der Waals surface area contributed by atoms with Crippen LogP contribution in [0, 0.1) is 10.1 Å². The van der Waals surface area contributed by atoms with Crippen LogP contribution < -0.4 is 16.2 Å². The third kappa shape index (κ3) is 4.97. The topological polar surface area (TPSA) is 134 Å². The molecule has 2 aromatic rings. The summed E-state index contributed by atoms with van der Waals surface area (Å²) in [5, 5.41) is 21.9. The monoisotopic (exact) mass is 360 g/mol. The number of nitro benzene ring substituents is 1. The molecule has 0 heterocycles. The van der Waals surface area contributed by atoms with Crippen molar-refractivity contribution < 1.29 is 19.6 Å². The number of hydrogen-bond acceptors (Lipinski definition) is 6. The summed E-state index contributed by atoms with van der Waals surface area (Å²) < 4.78 is 0. The molecule has 0 aromatic heterocycles. The molecule has 25 heavy (non-hydrogen) atoms. The van der Waals surface area contributed by atoms with E-state index in [1.165, 1.54) is 48.5 Å². The highest BCUT2D eigenvalue weighted by Crippen LogP contribution is 2.11. The molecule has 0 fully saturated rings. The van der Waals surface area contributed by atoms with Crippen molar-refractivity contribution in [2.45, 2.75) is 0 Å². The smallest absolute Gasteiger partial charge is 0.269 e. The molecular formula is C15H12N4O5S. The third-order valence-corrected chi connectivity index (χ3v) is 3.19. The lowest BCUT2D eigenvalue weighted by atomic mass is 10.2. The average Bonchev–Trinajstić information content (AvgIpc) is 2.60. The Kier molecular flexibility index (Phi) is 5.58. The molecule has 0 spiro atoms. The quantitative estimate of drug-likeness (QED) is 0.368. The number of nitrogens with one attached hydrogen (secondary N) is 3. The summed E-state index contributed by atoms with van der Waals surface area (Å²) >= 11 is 4.88. The van der Waals surface area contributed by atoms with Crippen LogP contribution in [0.4, 0.5) is 5.69 Å². The standard InChI is InChI=1S/C15H12N4O5S/c20-12-7-3-10(4-8-12)14(22)17-18-15(25)16-13(21)9-1-5-11(6-2-9)19(23)24/h1-8,20H,(H,17,22)(H2,16,18,21,25). The van der Waals surface area contributed by atoms with Crippen molar-refractivity contribution in [2.75, 3.05) is 0 Å². The van der Waals surface area contributed by atoms with Crippen LogP contribution in [0.25, 0.3) is 0 Å². The highest BCUT2D eigenvalue weighted by Gasteiger charge is 2.11. The number of non-ortho nitro benzene ring substituents is 1. The maximum absolute atomic E-state index is 11.9. The number of nitro groups is 1. The Morgan fingerprint density at radius 3 is 2.00 bits per heavy atom. The van der Waals surface area contributed by atoms with Crippen LogP contribution in [-0.2, 0) is 0 Å². The average molecular weight is 360 g/mol. The minimum atomic E-state index is -0.591. The SMILES string of the molecule is O=C(NNC(=S)NC(=O)c1ccc([N+](=O)[O-])cc1)c1ccc(O)cc1. The molecule has 2 amide bonds. The molecule has 4 N–H and O–H groups in total. The van der Waals surface area contributed by atoms with Crippen molar-refractivity contribution in [3.63, 3.8) is 0 Å². The fraction of sp³-hybridized carbons (Fsp3) is 0. The first kappa shape index (κ1) is 17.8. The highest BCUT2D eigenvalue weighted by atomic mass is 32.1. The molecule has 0 aliphatic rings. The Morgan fingerprint density at radius 1 is 0.920 bits per heavy atom. The van der Waals surface area contributed by atoms with Gasteiger partial charge in [0, 0.05) is 23.3 Å². The predicted octanol–water partition coefficient (Wildman–Crippen LogP) is 1.25. The molecule has 0 radical (unpaired) electrons. The minimum absolute atomic E-state index is 0.0235. The van der Waals surface area contributed by atoms with E-state index in [2.05, 4.69) is 16.2 Å². The number of hydrogen-bond donors (Lipinski definition) is 4. The summed E-state index contributed by atoms with van der Waals surface area (Å²) in [6.45, 7) is 0. The Labute approximate surface area is 146 Å². The number of hydrazine groups is 1. The zero-order valence-corrected chi connectivity index (χ0v) is 13.4. The second-order valence-corrected chi connectivity index (χ2v) is 5.12. The van der Waals surface area contributed by atoms with Gasteiger partial charge in [-0.15, -0.1) is 0 Å². The van der Waals surface area contributed by atoms with Gasteiger partial charge < -0.3 is 5.11 Å². The molecule has 0 saturated carbocycles. The van der Waals surface area contributed by atoms with Crippen molar-refractivity contribution in [3.05, 3.63) is 69.8 Å². The summed E-state index contributed by atoms with van der Waals surface area (Å²) in [7, 11) is 0. The fourth-order valence-corrected chi connectivity index (χ4v) is 1.88. The molecule has 2 aromatic carbocycles. The van der Waals surface area contributed by atoms with E-state index in [1.54, 1.807) is 0 Å². The second-order valence-electron chi connectivity index (χ2n) is 4.71. The van der Waals surface area contributed by atoms with Crippen LogP contribution in [0.3, 0.4) is 0 Å². The zero-order chi connectivity index (χ0) is 18.4. The highest BCUT2D eigenvalue weighted by molar-refractivity contribution is 7.80. The van der Waals surface area contributed by atoms with Gasteiger partial charge in [-0.1, -0.05) is 0 Å². The van der Waals surface area contributed by atoms with Gasteiger partial charge in [0.2, 0.25) is 0 Å². The Balaban J connectivity index is 1.86. The molecule has 0 saturated heterocycles. The lowest BCUT2D eigenvalue weighted by Crippen LogP contribution is -2.48. The maximum Gasteiger partial charge on any atom is 0.269 e. The van der Waals surface area contributed by atoms with Gasteiger partial charge in [-0.05, 0) is 48.6 Å². The first-order valence-electron chi connectivity index (χ1n) is 6.82. The van der Waals surface area contributed by atoms with E-state index >= 15 is 0 Å². The summed E-state index contributed by atoms with van der Waals surface area (Å²) in [6.07, 6.45) is 0. The predicted molar refractivity (Wildman–Crippen MR) is 91.9 cm³/mol. The van der Waals surface area contributed by atoms with Gasteiger partial charge in [-0.3, -0.25) is 35.9 Å². The lowest BCUT2D eigenvalue weighted by molar-refractivity contribution is -0.384. The van der Waals surface area contributed by atoms with Gasteiger partial charge in [-0.25, -0.2) is 0 Å². The number of aromatic hydroxyl groups is 1. The maximum atomic E-state index is 11.9. The molecule has 0 unspecified atom stereocenters. The molecular weight excluding hydrogens is 348 g/mol. The number of rotatable bonds is 3. The van der Waals surface area contributed by atoms with Crippen molar-refractivity contribution in [3.8, 4) is 5.75 Å². The Bertz CT molecular complexity index is 821. The first-order chi connectivity index (χ1) is 11.9. The molecule has 0 aliphatic carbocycles. The van der Waals surface area contributed by atoms with E-state index in [0.29, 0.717) is 0 Å². The van der Waals surface area contributed by atoms with Gasteiger partial charge in [-0.2, -0.15) is 0 Å². The summed E-state index contributed by atoms with van der Waals surface area (Å²) in [5.74, 6) is -1.09. The molecule has 0 atom stereocenters. The molecule has 9 nitrogen and oxygen atoms in total. The third-order valence-electron chi connectivity index (χ3n) is 2.99. The second kappa shape index (κ2) is 7.84. The van der Waals surface area contributed by atoms with E-state index in [9.17, 15) is 19.7 Å². The summed E-state index contributed by atoms with van der Waals surface area (Å²) in [6, 6.07) is 10.5. The van der Waals surface area contributed by atoms with Crippen LogP contribution in [0.5, 0.6) is 5.75 Å². The number of carbonyl (C=O) groups excluding carboxylic acids is 2. The van der Waals surface area contributed by atoms with Crippen LogP contribution in [0.15, 0.2) is 48.5 Å². The first-order valence-corrected chi connectivity index (χ1v) is 7.23. The van der Waals surface area contributed by atoms with Crippen molar-refractivity contribution in [1.82, 2.24) is 16.2 Å². The van der Waals surface area contributed by atoms with Gasteiger partial charge in [0.15, 0.2) is 5.11 Å². The molecule has 128 valence electrons. The number of phenolic OH excluding ortho intramolecular Hbond substituents is 1. The van der Waals surface area contributed by atoms with Crippen LogP contribution >= 0.6 is 12.2 Å². The fourth-order valence-electron chi connectivity index (χ4n) is 1.74. The molecule has 0 aliphatic heterocycles. The summed E-state index contributed by atoms with van der Waals surface area (Å²) in [4.78, 5) is 33.8. The summed E-state index contributed by atoms with van der Waals surface area (Å²) in [5.41, 5.74) is 4.94. The Hall–Kier alpha value is -3.53. The van der Waals surface area contributed by atoms with Crippen molar-refractivity contribution >= 4 is 34.8 Å². The van der Waals surface area contributed by atoms with Gasteiger partial charge in [0.05, 0.1) is 4.92 Å². The van der Waals surface area contributed by atoms with Gasteiger partial charge in [0.25, 0.3) is 17.5 Å². The van der Waals surface area contributed by atoms with Crippen molar-refractivity contribution in [1.29, 1.82) is 0 Å². The van der Waals surface area contributed by atoms with Crippen LogP contribution in [0.1, 0.15) is 20.7 Å². The van der Waals surface area contributed by atoms with Crippen LogP contribution in [-0.4, -0.2) is 27.0 Å². The number of nitrogens with zero attached hydrogens (tertiary/aromatic N) is 1. The minimum Gasteiger partial charge on any atom is -0.508 e. The van der Waals surface area contributed by atoms with Crippen LogP contribution in [0.2, 0.25) is 0 Å². The lowest BCUT2D eigenvalue weighted by Gasteiger charge is -2.10. The van der Waals surface area contributed by atoms with E-state index in [1.807, 2.05) is 0 Å². The molecule has 0 bridgehead atoms. The normalized spacial score (nSPS) is 9.76. The Morgan fingerprint density at radius 2 is 1.44 bits per heavy atom. The number of amides is 2. The van der Waals surface area contributed by atoms with E-state index < -0.39 is 16.7 Å². The largest absolute Gasteiger partial charge is 0.508 e. The number of benzene rings is 2. The number of thiocarbonyl (C=S) groups is 1. The van der Waals surface area contributed by atoms with E-state index in [0.717, 1.165) is 0 Å². The number of carbonyl (C=O) groups is 2. The van der Waals surface area contributed by atoms with E-state index in [4.69, 9.17) is 17.3 Å². The number of phenols is 1. The molecule has 2 rings (SSSR count).